The van der Waals surface area contributed by atoms with Crippen LogP contribution in [0.5, 0.6) is 0 Å². The molecule has 0 radical (unpaired) electrons. The summed E-state index contributed by atoms with van der Waals surface area (Å²) in [6.45, 7) is 4.94. The molecule has 0 spiro atoms. The molecule has 5 heteroatoms. The molecule has 2 N–H and O–H groups in total. The van der Waals surface area contributed by atoms with Crippen molar-refractivity contribution >= 4 is 12.0 Å². The number of rotatable bonds is 8. The van der Waals surface area contributed by atoms with Gasteiger partial charge in [0.2, 0.25) is 0 Å². The van der Waals surface area contributed by atoms with E-state index < -0.39 is 5.97 Å². The van der Waals surface area contributed by atoms with Gasteiger partial charge >= 0.3 is 12.0 Å². The van der Waals surface area contributed by atoms with E-state index in [4.69, 9.17) is 5.11 Å². The lowest BCUT2D eigenvalue weighted by Gasteiger charge is -2.25. The molecule has 20 heavy (non-hydrogen) atoms. The van der Waals surface area contributed by atoms with Gasteiger partial charge in [-0.15, -0.1) is 0 Å². The van der Waals surface area contributed by atoms with Crippen molar-refractivity contribution in [2.75, 3.05) is 19.6 Å². The van der Waals surface area contributed by atoms with Gasteiger partial charge in [0.05, 0.1) is 0 Å². The topological polar surface area (TPSA) is 69.6 Å². The summed E-state index contributed by atoms with van der Waals surface area (Å²) in [5, 5.41) is 11.9. The van der Waals surface area contributed by atoms with Crippen molar-refractivity contribution in [3.63, 3.8) is 0 Å². The number of carbonyl (C=O) groups excluding carboxylic acids is 1. The van der Waals surface area contributed by atoms with Crippen molar-refractivity contribution in [1.29, 1.82) is 0 Å². The summed E-state index contributed by atoms with van der Waals surface area (Å²) < 4.78 is 0. The van der Waals surface area contributed by atoms with E-state index in [0.29, 0.717) is 19.0 Å². The van der Waals surface area contributed by atoms with Gasteiger partial charge in [0, 0.05) is 13.1 Å². The SMILES string of the molecule is CC(C)CN(CC(=O)O)C(=O)NCC(C1CC1)C1CC1. The molecule has 0 bridgehead atoms. The van der Waals surface area contributed by atoms with Crippen LogP contribution in [0, 0.1) is 23.7 Å². The first-order valence-electron chi connectivity index (χ1n) is 7.72. The minimum Gasteiger partial charge on any atom is -0.480 e. The first kappa shape index (κ1) is 15.1. The number of carboxylic acid groups (broad SMARTS) is 1. The van der Waals surface area contributed by atoms with Crippen molar-refractivity contribution in [3.8, 4) is 0 Å². The second kappa shape index (κ2) is 6.46. The second-order valence-electron chi connectivity index (χ2n) is 6.69. The van der Waals surface area contributed by atoms with Crippen LogP contribution in [0.3, 0.4) is 0 Å². The fourth-order valence-electron chi connectivity index (χ4n) is 2.91. The Morgan fingerprint density at radius 2 is 1.75 bits per heavy atom. The maximum absolute atomic E-state index is 12.2. The predicted octanol–water partition coefficient (Wildman–Crippen LogP) is 2.17. The summed E-state index contributed by atoms with van der Waals surface area (Å²) >= 11 is 0. The molecule has 0 aromatic rings. The summed E-state index contributed by atoms with van der Waals surface area (Å²) in [4.78, 5) is 24.4. The van der Waals surface area contributed by atoms with Crippen LogP contribution in [-0.4, -0.2) is 41.6 Å². The van der Waals surface area contributed by atoms with Crippen LogP contribution in [0.25, 0.3) is 0 Å². The van der Waals surface area contributed by atoms with Gasteiger partial charge in [-0.05, 0) is 49.4 Å². The van der Waals surface area contributed by atoms with E-state index in [9.17, 15) is 9.59 Å². The fraction of sp³-hybridized carbons (Fsp3) is 0.867. The van der Waals surface area contributed by atoms with Crippen LogP contribution < -0.4 is 5.32 Å². The molecule has 0 heterocycles. The Labute approximate surface area is 120 Å². The average molecular weight is 282 g/mol. The summed E-state index contributed by atoms with van der Waals surface area (Å²) in [5.41, 5.74) is 0. The quantitative estimate of drug-likeness (QED) is 0.717. The van der Waals surface area contributed by atoms with Gasteiger partial charge < -0.3 is 15.3 Å². The van der Waals surface area contributed by atoms with E-state index in [1.54, 1.807) is 0 Å². The summed E-state index contributed by atoms with van der Waals surface area (Å²) in [5.74, 6) is 1.51. The van der Waals surface area contributed by atoms with Gasteiger partial charge in [-0.1, -0.05) is 13.8 Å². The first-order chi connectivity index (χ1) is 9.47. The zero-order valence-corrected chi connectivity index (χ0v) is 12.5. The molecule has 114 valence electrons. The largest absolute Gasteiger partial charge is 0.480 e. The normalized spacial score (nSPS) is 18.4. The number of hydrogen-bond acceptors (Lipinski definition) is 2. The molecule has 2 saturated carbocycles. The maximum Gasteiger partial charge on any atom is 0.323 e. The molecule has 0 unspecified atom stereocenters. The lowest BCUT2D eigenvalue weighted by Crippen LogP contribution is -2.46. The number of nitrogens with zero attached hydrogens (tertiary/aromatic N) is 1. The smallest absolute Gasteiger partial charge is 0.323 e. The van der Waals surface area contributed by atoms with Crippen molar-refractivity contribution in [3.05, 3.63) is 0 Å². The van der Waals surface area contributed by atoms with E-state index in [-0.39, 0.29) is 18.5 Å². The monoisotopic (exact) mass is 282 g/mol. The van der Waals surface area contributed by atoms with E-state index in [1.807, 2.05) is 13.8 Å². The molecule has 0 aromatic heterocycles. The minimum absolute atomic E-state index is 0.221. The van der Waals surface area contributed by atoms with Crippen molar-refractivity contribution < 1.29 is 14.7 Å². The standard InChI is InChI=1S/C15H26N2O3/c1-10(2)8-17(9-14(18)19)15(20)16-7-13(11-3-4-11)12-5-6-12/h10-13H,3-9H2,1-2H3,(H,16,20)(H,18,19). The Bertz CT molecular complexity index is 350. The van der Waals surface area contributed by atoms with E-state index >= 15 is 0 Å². The molecule has 0 atom stereocenters. The van der Waals surface area contributed by atoms with E-state index in [2.05, 4.69) is 5.32 Å². The van der Waals surface area contributed by atoms with Crippen LogP contribution in [0.4, 0.5) is 4.79 Å². The van der Waals surface area contributed by atoms with Crippen molar-refractivity contribution in [2.24, 2.45) is 23.7 Å². The maximum atomic E-state index is 12.2. The molecule has 2 aliphatic carbocycles. The average Bonchev–Trinajstić information content (AvgIpc) is 3.21. The molecule has 2 amide bonds. The van der Waals surface area contributed by atoms with Crippen LogP contribution in [-0.2, 0) is 4.79 Å². The Morgan fingerprint density at radius 3 is 2.15 bits per heavy atom. The van der Waals surface area contributed by atoms with Gasteiger partial charge in [0.1, 0.15) is 6.54 Å². The number of aliphatic carboxylic acids is 1. The molecule has 5 nitrogen and oxygen atoms in total. The lowest BCUT2D eigenvalue weighted by molar-refractivity contribution is -0.137. The van der Waals surface area contributed by atoms with E-state index in [0.717, 1.165) is 11.8 Å². The van der Waals surface area contributed by atoms with Crippen LogP contribution in [0.15, 0.2) is 0 Å². The fourth-order valence-corrected chi connectivity index (χ4v) is 2.91. The number of amides is 2. The minimum atomic E-state index is -0.957. The third-order valence-electron chi connectivity index (χ3n) is 4.14. The van der Waals surface area contributed by atoms with Gasteiger partial charge in [0.25, 0.3) is 0 Å². The number of nitrogens with one attached hydrogen (secondary N) is 1. The second-order valence-corrected chi connectivity index (χ2v) is 6.69. The van der Waals surface area contributed by atoms with Gasteiger partial charge in [0.15, 0.2) is 0 Å². The highest BCUT2D eigenvalue weighted by molar-refractivity contribution is 5.80. The Kier molecular flexibility index (Phi) is 4.89. The molecule has 2 aliphatic rings. The molecule has 0 aliphatic heterocycles. The molecule has 2 rings (SSSR count). The van der Waals surface area contributed by atoms with Crippen molar-refractivity contribution in [2.45, 2.75) is 39.5 Å². The lowest BCUT2D eigenvalue weighted by atomic mass is 9.98. The molecule has 0 saturated heterocycles. The summed E-state index contributed by atoms with van der Waals surface area (Å²) in [6.07, 6.45) is 5.17. The van der Waals surface area contributed by atoms with Crippen LogP contribution in [0.2, 0.25) is 0 Å². The summed E-state index contributed by atoms with van der Waals surface area (Å²) in [7, 11) is 0. The Balaban J connectivity index is 1.81. The molecule has 0 aromatic carbocycles. The Hall–Kier alpha value is -1.26. The number of carboxylic acids is 1. The number of carbonyl (C=O) groups is 2. The predicted molar refractivity (Wildman–Crippen MR) is 76.4 cm³/mol. The highest BCUT2D eigenvalue weighted by Crippen LogP contribution is 2.48. The molecular formula is C15H26N2O3. The zero-order valence-electron chi connectivity index (χ0n) is 12.5. The van der Waals surface area contributed by atoms with Crippen molar-refractivity contribution in [1.82, 2.24) is 10.2 Å². The van der Waals surface area contributed by atoms with Gasteiger partial charge in [-0.2, -0.15) is 0 Å². The third-order valence-corrected chi connectivity index (χ3v) is 4.14. The molecular weight excluding hydrogens is 256 g/mol. The number of urea groups is 1. The highest BCUT2D eigenvalue weighted by atomic mass is 16.4. The zero-order chi connectivity index (χ0) is 14.7. The first-order valence-corrected chi connectivity index (χ1v) is 7.72. The summed E-state index contributed by atoms with van der Waals surface area (Å²) in [6, 6.07) is -0.229. The molecule has 2 fully saturated rings. The number of hydrogen-bond donors (Lipinski definition) is 2. The van der Waals surface area contributed by atoms with E-state index in [1.165, 1.54) is 30.6 Å². The highest BCUT2D eigenvalue weighted by Gasteiger charge is 2.41. The van der Waals surface area contributed by atoms with Crippen LogP contribution in [0.1, 0.15) is 39.5 Å². The van der Waals surface area contributed by atoms with Gasteiger partial charge in [-0.3, -0.25) is 4.79 Å². The Morgan fingerprint density at radius 1 is 1.20 bits per heavy atom. The van der Waals surface area contributed by atoms with Gasteiger partial charge in [-0.25, -0.2) is 4.79 Å². The van der Waals surface area contributed by atoms with Crippen LogP contribution >= 0.6 is 0 Å². The third kappa shape index (κ3) is 4.69.